The van der Waals surface area contributed by atoms with Crippen LogP contribution in [0.1, 0.15) is 18.1 Å². The van der Waals surface area contributed by atoms with Crippen molar-refractivity contribution in [2.75, 3.05) is 22.9 Å². The molecule has 2 aromatic carbocycles. The third kappa shape index (κ3) is 4.68. The Labute approximate surface area is 208 Å². The van der Waals surface area contributed by atoms with Crippen molar-refractivity contribution in [2.45, 2.75) is 25.7 Å². The Morgan fingerprint density at radius 3 is 2.19 bits per heavy atom. The minimum atomic E-state index is -4.76. The van der Waals surface area contributed by atoms with Crippen molar-refractivity contribution >= 4 is 46.9 Å². The van der Waals surface area contributed by atoms with Gasteiger partial charge in [0.1, 0.15) is 0 Å². The molecule has 190 valence electrons. The van der Waals surface area contributed by atoms with Gasteiger partial charge < -0.3 is 10.4 Å². The van der Waals surface area contributed by atoms with Crippen LogP contribution in [0.25, 0.3) is 0 Å². The number of nitrogens with one attached hydrogen (secondary N) is 1. The smallest absolute Gasteiger partial charge is 0.417 e. The maximum Gasteiger partial charge on any atom is 0.417 e. The van der Waals surface area contributed by atoms with Crippen molar-refractivity contribution in [1.82, 2.24) is 10.2 Å². The fraction of sp³-hybridized carbons (Fsp3) is 0.304. The summed E-state index contributed by atoms with van der Waals surface area (Å²) in [5.74, 6) is -4.19. The third-order valence-corrected chi connectivity index (χ3v) is 6.39. The molecule has 2 N–H and O–H groups in total. The molecule has 9 nitrogen and oxygen atoms in total. The van der Waals surface area contributed by atoms with Crippen LogP contribution in [0, 0.1) is 5.92 Å². The second kappa shape index (κ2) is 9.34. The molecule has 2 atom stereocenters. The number of carboxylic acids is 1. The number of carbonyl (C=O) groups excluding carboxylic acids is 3. The van der Waals surface area contributed by atoms with Gasteiger partial charge in [-0.2, -0.15) is 13.2 Å². The molecule has 2 heterocycles. The normalized spacial score (nSPS) is 20.7. The second-order valence-electron chi connectivity index (χ2n) is 8.46. The van der Waals surface area contributed by atoms with Gasteiger partial charge in [0.2, 0.25) is 5.91 Å². The van der Waals surface area contributed by atoms with Crippen LogP contribution in [-0.2, 0) is 22.3 Å². The standard InChI is InChI=1S/C23H20ClF3N4O5/c1-12-9-29(21(35)28-12)14-5-7-15(8-6-14)30-11-16(20(33)34)19(32)31(22(30)36)10-13-3-2-4-17(18(13)24)23(25,26)27/h2-8,12,16H,9-11H2,1H3,(H,28,35)(H,33,34). The number of aliphatic carboxylic acids is 1. The number of anilines is 2. The summed E-state index contributed by atoms with van der Waals surface area (Å²) in [5, 5.41) is 11.6. The van der Waals surface area contributed by atoms with E-state index in [1.54, 1.807) is 12.1 Å². The zero-order valence-electron chi connectivity index (χ0n) is 18.8. The lowest BCUT2D eigenvalue weighted by atomic mass is 10.0. The Morgan fingerprint density at radius 2 is 1.67 bits per heavy atom. The van der Waals surface area contributed by atoms with Gasteiger partial charge in [0, 0.05) is 30.5 Å². The number of carbonyl (C=O) groups is 4. The number of rotatable bonds is 5. The molecule has 0 bridgehead atoms. The quantitative estimate of drug-likeness (QED) is 0.576. The van der Waals surface area contributed by atoms with Crippen molar-refractivity contribution in [3.63, 3.8) is 0 Å². The maximum atomic E-state index is 13.3. The van der Waals surface area contributed by atoms with Gasteiger partial charge in [0.15, 0.2) is 5.92 Å². The predicted octanol–water partition coefficient (Wildman–Crippen LogP) is 3.95. The van der Waals surface area contributed by atoms with E-state index in [0.29, 0.717) is 17.1 Å². The molecule has 2 aliphatic rings. The number of imide groups is 1. The molecule has 2 saturated heterocycles. The Morgan fingerprint density at radius 1 is 1.06 bits per heavy atom. The van der Waals surface area contributed by atoms with Crippen molar-refractivity contribution in [1.29, 1.82) is 0 Å². The van der Waals surface area contributed by atoms with E-state index in [0.717, 1.165) is 17.0 Å². The summed E-state index contributed by atoms with van der Waals surface area (Å²) in [4.78, 5) is 53.0. The van der Waals surface area contributed by atoms with Crippen molar-refractivity contribution in [3.8, 4) is 0 Å². The number of amides is 5. The van der Waals surface area contributed by atoms with E-state index in [4.69, 9.17) is 11.6 Å². The summed E-state index contributed by atoms with van der Waals surface area (Å²) in [6.07, 6.45) is -4.76. The van der Waals surface area contributed by atoms with E-state index >= 15 is 0 Å². The van der Waals surface area contributed by atoms with Crippen LogP contribution < -0.4 is 15.1 Å². The van der Waals surface area contributed by atoms with Gasteiger partial charge in [-0.15, -0.1) is 0 Å². The fourth-order valence-electron chi connectivity index (χ4n) is 4.13. The largest absolute Gasteiger partial charge is 0.481 e. The fourth-order valence-corrected chi connectivity index (χ4v) is 4.42. The molecule has 2 aromatic rings. The Bertz CT molecular complexity index is 1240. The lowest BCUT2D eigenvalue weighted by molar-refractivity contribution is -0.150. The number of benzene rings is 2. The first-order valence-electron chi connectivity index (χ1n) is 10.8. The van der Waals surface area contributed by atoms with E-state index in [-0.39, 0.29) is 23.3 Å². The van der Waals surface area contributed by atoms with E-state index in [9.17, 15) is 37.5 Å². The highest BCUT2D eigenvalue weighted by molar-refractivity contribution is 6.32. The summed E-state index contributed by atoms with van der Waals surface area (Å²) in [7, 11) is 0. The first kappa shape index (κ1) is 25.3. The Kier molecular flexibility index (Phi) is 6.56. The highest BCUT2D eigenvalue weighted by atomic mass is 35.5. The van der Waals surface area contributed by atoms with Crippen LogP contribution >= 0.6 is 11.6 Å². The van der Waals surface area contributed by atoms with E-state index in [1.165, 1.54) is 23.1 Å². The average molecular weight is 525 g/mol. The summed E-state index contributed by atoms with van der Waals surface area (Å²) >= 11 is 5.93. The molecule has 0 spiro atoms. The van der Waals surface area contributed by atoms with Gasteiger partial charge >= 0.3 is 24.2 Å². The molecule has 4 rings (SSSR count). The van der Waals surface area contributed by atoms with E-state index < -0.39 is 53.7 Å². The molecule has 2 unspecified atom stereocenters. The van der Waals surface area contributed by atoms with Crippen LogP contribution in [0.15, 0.2) is 42.5 Å². The third-order valence-electron chi connectivity index (χ3n) is 5.95. The summed E-state index contributed by atoms with van der Waals surface area (Å²) < 4.78 is 39.8. The predicted molar refractivity (Wildman–Crippen MR) is 123 cm³/mol. The molecular weight excluding hydrogens is 505 g/mol. The van der Waals surface area contributed by atoms with E-state index in [1.807, 2.05) is 6.92 Å². The first-order valence-corrected chi connectivity index (χ1v) is 11.1. The van der Waals surface area contributed by atoms with Gasteiger partial charge in [0.05, 0.1) is 17.1 Å². The molecule has 2 aliphatic heterocycles. The minimum absolute atomic E-state index is 0.0561. The number of hydrogen-bond acceptors (Lipinski definition) is 4. The van der Waals surface area contributed by atoms with Crippen LogP contribution in [0.4, 0.5) is 34.1 Å². The molecular formula is C23H20ClF3N4O5. The Balaban J connectivity index is 1.64. The van der Waals surface area contributed by atoms with Gasteiger partial charge in [0.25, 0.3) is 0 Å². The first-order chi connectivity index (χ1) is 16.9. The highest BCUT2D eigenvalue weighted by Crippen LogP contribution is 2.37. The van der Waals surface area contributed by atoms with Crippen LogP contribution in [0.2, 0.25) is 5.02 Å². The molecule has 36 heavy (non-hydrogen) atoms. The van der Waals surface area contributed by atoms with Crippen molar-refractivity contribution in [3.05, 3.63) is 58.6 Å². The summed E-state index contributed by atoms with van der Waals surface area (Å²) in [6, 6.07) is 7.95. The zero-order valence-corrected chi connectivity index (χ0v) is 19.5. The van der Waals surface area contributed by atoms with Crippen molar-refractivity contribution < 1.29 is 37.5 Å². The molecule has 13 heteroatoms. The van der Waals surface area contributed by atoms with Gasteiger partial charge in [-0.05, 0) is 42.8 Å². The molecule has 0 radical (unpaired) electrons. The molecule has 0 saturated carbocycles. The van der Waals surface area contributed by atoms with Crippen LogP contribution in [-0.4, -0.2) is 53.1 Å². The lowest BCUT2D eigenvalue weighted by Gasteiger charge is -2.37. The van der Waals surface area contributed by atoms with Gasteiger partial charge in [-0.25, -0.2) is 9.59 Å². The zero-order chi connectivity index (χ0) is 26.4. The minimum Gasteiger partial charge on any atom is -0.481 e. The van der Waals surface area contributed by atoms with Crippen LogP contribution in [0.5, 0.6) is 0 Å². The molecule has 0 aliphatic carbocycles. The molecule has 0 aromatic heterocycles. The summed E-state index contributed by atoms with van der Waals surface area (Å²) in [5.41, 5.74) is -0.511. The number of carboxylic acid groups (broad SMARTS) is 1. The van der Waals surface area contributed by atoms with E-state index in [2.05, 4.69) is 5.32 Å². The average Bonchev–Trinajstić information content (AvgIpc) is 3.14. The Hall–Kier alpha value is -3.80. The van der Waals surface area contributed by atoms with Gasteiger partial charge in [-0.1, -0.05) is 23.7 Å². The lowest BCUT2D eigenvalue weighted by Crippen LogP contribution is -2.58. The number of urea groups is 2. The topological polar surface area (TPSA) is 110 Å². The summed E-state index contributed by atoms with van der Waals surface area (Å²) in [6.45, 7) is 1.15. The number of nitrogens with zero attached hydrogens (tertiary/aromatic N) is 3. The molecule has 2 fully saturated rings. The second-order valence-corrected chi connectivity index (χ2v) is 8.84. The van der Waals surface area contributed by atoms with Gasteiger partial charge in [-0.3, -0.25) is 24.3 Å². The van der Waals surface area contributed by atoms with Crippen molar-refractivity contribution in [2.24, 2.45) is 5.92 Å². The van der Waals surface area contributed by atoms with Crippen LogP contribution in [0.3, 0.4) is 0 Å². The maximum absolute atomic E-state index is 13.3. The number of hydrogen-bond donors (Lipinski definition) is 2. The monoisotopic (exact) mass is 524 g/mol. The SMILES string of the molecule is CC1CN(c2ccc(N3CC(C(=O)O)C(=O)N(Cc4cccc(C(F)(F)F)c4Cl)C3=O)cc2)C(=O)N1. The number of alkyl halides is 3. The highest BCUT2D eigenvalue weighted by Gasteiger charge is 2.44. The molecule has 5 amide bonds. The number of halogens is 4.